The fraction of sp³-hybridized carbons (Fsp3) is 0.286. The zero-order valence-corrected chi connectivity index (χ0v) is 11.7. The molecule has 0 saturated carbocycles. The summed E-state index contributed by atoms with van der Waals surface area (Å²) < 4.78 is 4.92. The van der Waals surface area contributed by atoms with Crippen LogP contribution >= 0.6 is 0 Å². The first-order chi connectivity index (χ1) is 9.97. The van der Waals surface area contributed by atoms with E-state index in [-0.39, 0.29) is 17.9 Å². The summed E-state index contributed by atoms with van der Waals surface area (Å²) in [6, 6.07) is 4.82. The predicted octanol–water partition coefficient (Wildman–Crippen LogP) is 1.96. The highest BCUT2D eigenvalue weighted by molar-refractivity contribution is 6.01. The molecule has 0 atom stereocenters. The van der Waals surface area contributed by atoms with Gasteiger partial charge < -0.3 is 14.9 Å². The summed E-state index contributed by atoms with van der Waals surface area (Å²) in [7, 11) is 0. The van der Waals surface area contributed by atoms with E-state index >= 15 is 0 Å². The van der Waals surface area contributed by atoms with Crippen molar-refractivity contribution >= 4 is 17.6 Å². The van der Waals surface area contributed by atoms with Crippen molar-refractivity contribution in [2.24, 2.45) is 0 Å². The van der Waals surface area contributed by atoms with Crippen LogP contribution in [-0.2, 0) is 11.2 Å². The minimum atomic E-state index is -1.08. The van der Waals surface area contributed by atoms with Gasteiger partial charge in [-0.1, -0.05) is 17.3 Å². The number of aryl methyl sites for hydroxylation is 3. The second kappa shape index (κ2) is 6.17. The van der Waals surface area contributed by atoms with Crippen LogP contribution in [0.5, 0.6) is 0 Å². The molecule has 0 aliphatic carbocycles. The number of amides is 1. The van der Waals surface area contributed by atoms with Gasteiger partial charge in [0.15, 0.2) is 5.82 Å². The first-order valence-corrected chi connectivity index (χ1v) is 6.39. The van der Waals surface area contributed by atoms with Crippen LogP contribution in [0.1, 0.15) is 34.1 Å². The number of nitrogens with one attached hydrogen (secondary N) is 1. The third-order valence-corrected chi connectivity index (χ3v) is 2.90. The summed E-state index contributed by atoms with van der Waals surface area (Å²) in [6.45, 7) is 3.43. The number of aromatic carboxylic acids is 1. The molecule has 1 heterocycles. The van der Waals surface area contributed by atoms with Crippen molar-refractivity contribution in [3.8, 4) is 0 Å². The molecule has 110 valence electrons. The van der Waals surface area contributed by atoms with Gasteiger partial charge in [0.1, 0.15) is 0 Å². The molecule has 0 aliphatic heterocycles. The molecule has 0 spiro atoms. The lowest BCUT2D eigenvalue weighted by Gasteiger charge is -2.10. The van der Waals surface area contributed by atoms with Crippen LogP contribution in [0.25, 0.3) is 0 Å². The van der Waals surface area contributed by atoms with Gasteiger partial charge in [0.25, 0.3) is 0 Å². The van der Waals surface area contributed by atoms with E-state index < -0.39 is 5.97 Å². The normalized spacial score (nSPS) is 10.4. The summed E-state index contributed by atoms with van der Waals surface area (Å²) in [6.07, 6.45) is 0.440. The maximum atomic E-state index is 11.9. The highest BCUT2D eigenvalue weighted by atomic mass is 16.5. The van der Waals surface area contributed by atoms with Crippen LogP contribution in [0.2, 0.25) is 0 Å². The molecule has 1 aromatic heterocycles. The number of anilines is 1. The zero-order valence-electron chi connectivity index (χ0n) is 11.7. The van der Waals surface area contributed by atoms with Crippen molar-refractivity contribution in [2.45, 2.75) is 26.7 Å². The highest BCUT2D eigenvalue weighted by Gasteiger charge is 2.15. The Morgan fingerprint density at radius 2 is 2.10 bits per heavy atom. The fourth-order valence-corrected chi connectivity index (χ4v) is 1.88. The van der Waals surface area contributed by atoms with Crippen molar-refractivity contribution < 1.29 is 19.2 Å². The van der Waals surface area contributed by atoms with Gasteiger partial charge in [-0.2, -0.15) is 4.98 Å². The number of para-hydroxylation sites is 1. The molecule has 2 rings (SSSR count). The van der Waals surface area contributed by atoms with Gasteiger partial charge in [-0.05, 0) is 25.5 Å². The second-order valence-electron chi connectivity index (χ2n) is 4.59. The number of carboxylic acid groups (broad SMARTS) is 1. The van der Waals surface area contributed by atoms with Crippen molar-refractivity contribution in [3.05, 3.63) is 41.0 Å². The minimum absolute atomic E-state index is 0.0667. The topological polar surface area (TPSA) is 105 Å². The van der Waals surface area contributed by atoms with Gasteiger partial charge in [0.05, 0.1) is 11.3 Å². The quantitative estimate of drug-likeness (QED) is 0.871. The molecule has 0 unspecified atom stereocenters. The van der Waals surface area contributed by atoms with Crippen molar-refractivity contribution in [3.63, 3.8) is 0 Å². The van der Waals surface area contributed by atoms with Crippen molar-refractivity contribution in [1.82, 2.24) is 10.1 Å². The molecule has 1 aromatic carbocycles. The average molecular weight is 289 g/mol. The lowest BCUT2D eigenvalue weighted by molar-refractivity contribution is -0.116. The van der Waals surface area contributed by atoms with Crippen molar-refractivity contribution in [1.29, 1.82) is 0 Å². The number of rotatable bonds is 5. The molecule has 2 N–H and O–H groups in total. The standard InChI is InChI=1S/C14H15N3O4/c1-8-4-3-5-10(14(19)20)13(8)16-11(18)6-7-12-15-9(2)17-21-12/h3-5H,6-7H2,1-2H3,(H,16,18)(H,19,20). The van der Waals surface area contributed by atoms with E-state index in [2.05, 4.69) is 15.5 Å². The van der Waals surface area contributed by atoms with E-state index in [1.165, 1.54) is 6.07 Å². The molecule has 2 aromatic rings. The van der Waals surface area contributed by atoms with Crippen LogP contribution in [0, 0.1) is 13.8 Å². The fourth-order valence-electron chi connectivity index (χ4n) is 1.88. The maximum Gasteiger partial charge on any atom is 0.337 e. The van der Waals surface area contributed by atoms with Crippen LogP contribution in [0.15, 0.2) is 22.7 Å². The lowest BCUT2D eigenvalue weighted by atomic mass is 10.1. The van der Waals surface area contributed by atoms with Crippen LogP contribution < -0.4 is 5.32 Å². The number of aromatic nitrogens is 2. The van der Waals surface area contributed by atoms with Gasteiger partial charge in [0.2, 0.25) is 11.8 Å². The summed E-state index contributed by atoms with van der Waals surface area (Å²) in [5.74, 6) is -0.493. The van der Waals surface area contributed by atoms with E-state index in [0.717, 1.165) is 0 Å². The zero-order chi connectivity index (χ0) is 15.4. The van der Waals surface area contributed by atoms with Gasteiger partial charge in [-0.25, -0.2) is 4.79 Å². The number of carboxylic acids is 1. The average Bonchev–Trinajstić information content (AvgIpc) is 2.84. The monoisotopic (exact) mass is 289 g/mol. The third-order valence-electron chi connectivity index (χ3n) is 2.90. The Bertz CT molecular complexity index is 679. The van der Waals surface area contributed by atoms with Gasteiger partial charge in [-0.3, -0.25) is 4.79 Å². The third kappa shape index (κ3) is 3.65. The molecule has 21 heavy (non-hydrogen) atoms. The second-order valence-corrected chi connectivity index (χ2v) is 4.59. The summed E-state index contributed by atoms with van der Waals surface area (Å²) in [4.78, 5) is 27.1. The van der Waals surface area contributed by atoms with E-state index in [1.807, 2.05) is 0 Å². The summed E-state index contributed by atoms with van der Waals surface area (Å²) in [5, 5.41) is 15.4. The first kappa shape index (κ1) is 14.7. The maximum absolute atomic E-state index is 11.9. The number of hydrogen-bond donors (Lipinski definition) is 2. The number of nitrogens with zero attached hydrogens (tertiary/aromatic N) is 2. The molecule has 0 saturated heterocycles. The minimum Gasteiger partial charge on any atom is -0.478 e. The predicted molar refractivity (Wildman–Crippen MR) is 74.1 cm³/mol. The molecule has 0 aliphatic rings. The number of hydrogen-bond acceptors (Lipinski definition) is 5. The molecule has 7 heteroatoms. The highest BCUT2D eigenvalue weighted by Crippen LogP contribution is 2.21. The largest absolute Gasteiger partial charge is 0.478 e. The molecule has 0 fully saturated rings. The van der Waals surface area contributed by atoms with E-state index in [1.54, 1.807) is 26.0 Å². The Kier molecular flexibility index (Phi) is 4.32. The Labute approximate surface area is 121 Å². The van der Waals surface area contributed by atoms with Gasteiger partial charge in [-0.15, -0.1) is 0 Å². The first-order valence-electron chi connectivity index (χ1n) is 6.39. The van der Waals surface area contributed by atoms with Crippen molar-refractivity contribution in [2.75, 3.05) is 5.32 Å². The van der Waals surface area contributed by atoms with Crippen LogP contribution in [0.4, 0.5) is 5.69 Å². The van der Waals surface area contributed by atoms with Crippen LogP contribution in [-0.4, -0.2) is 27.1 Å². The molecule has 0 bridgehead atoms. The smallest absolute Gasteiger partial charge is 0.337 e. The van der Waals surface area contributed by atoms with E-state index in [0.29, 0.717) is 29.4 Å². The van der Waals surface area contributed by atoms with Gasteiger partial charge >= 0.3 is 5.97 Å². The number of benzene rings is 1. The Balaban J connectivity index is 2.04. The summed E-state index contributed by atoms with van der Waals surface area (Å²) >= 11 is 0. The molecule has 7 nitrogen and oxygen atoms in total. The van der Waals surface area contributed by atoms with Gasteiger partial charge in [0, 0.05) is 12.8 Å². The number of carbonyl (C=O) groups excluding carboxylic acids is 1. The lowest BCUT2D eigenvalue weighted by Crippen LogP contribution is -2.16. The van der Waals surface area contributed by atoms with E-state index in [4.69, 9.17) is 9.63 Å². The molecular weight excluding hydrogens is 274 g/mol. The number of carbonyl (C=O) groups is 2. The molecular formula is C14H15N3O4. The molecule has 0 radical (unpaired) electrons. The Morgan fingerprint density at radius 3 is 2.71 bits per heavy atom. The van der Waals surface area contributed by atoms with Crippen LogP contribution in [0.3, 0.4) is 0 Å². The molecule has 1 amide bonds. The van der Waals surface area contributed by atoms with E-state index in [9.17, 15) is 9.59 Å². The SMILES string of the molecule is Cc1noc(CCC(=O)Nc2c(C)cccc2C(=O)O)n1. The Hall–Kier alpha value is -2.70. The Morgan fingerprint density at radius 1 is 1.33 bits per heavy atom. The summed E-state index contributed by atoms with van der Waals surface area (Å²) in [5.41, 5.74) is 1.07.